The van der Waals surface area contributed by atoms with Crippen molar-refractivity contribution in [1.29, 1.82) is 0 Å². The number of allylic oxidation sites excluding steroid dienone is 8. The minimum atomic E-state index is -5.02. The van der Waals surface area contributed by atoms with Crippen LogP contribution in [0.25, 0.3) is 0 Å². The number of carbonyl (C=O) groups excluding carboxylic acids is 1. The summed E-state index contributed by atoms with van der Waals surface area (Å²) < 4.78 is 34.0. The third-order valence-electron chi connectivity index (χ3n) is 8.92. The van der Waals surface area contributed by atoms with Gasteiger partial charge in [0, 0.05) is 13.0 Å². The molecule has 6 N–H and O–H groups in total. The smallest absolute Gasteiger partial charge is 0.457 e. The number of aliphatic hydroxyl groups excluding tert-OH is 5. The minimum Gasteiger partial charge on any atom is -0.457 e. The normalized spacial score (nSPS) is 24.2. The Labute approximate surface area is 318 Å². The van der Waals surface area contributed by atoms with Crippen molar-refractivity contribution in [2.75, 3.05) is 19.8 Å². The van der Waals surface area contributed by atoms with E-state index < -0.39 is 63.1 Å². The van der Waals surface area contributed by atoms with Crippen LogP contribution < -0.4 is 0 Å². The molecular weight excluding hydrogens is 703 g/mol. The van der Waals surface area contributed by atoms with Gasteiger partial charge in [-0.3, -0.25) is 13.8 Å². The second kappa shape index (κ2) is 31.5. The fourth-order valence-electron chi connectivity index (χ4n) is 5.72. The number of rotatable bonds is 32. The van der Waals surface area contributed by atoms with E-state index in [1.54, 1.807) is 0 Å². The molecule has 0 aromatic rings. The Hall–Kier alpha value is -1.70. The molecule has 0 spiro atoms. The van der Waals surface area contributed by atoms with Gasteiger partial charge in [0.15, 0.2) is 0 Å². The Kier molecular flexibility index (Phi) is 29.3. The van der Waals surface area contributed by atoms with Crippen LogP contribution in [-0.4, -0.2) is 98.9 Å². The van der Waals surface area contributed by atoms with Crippen molar-refractivity contribution < 1.29 is 58.3 Å². The average molecular weight is 775 g/mol. The molecule has 1 saturated carbocycles. The topological polar surface area (TPSA) is 192 Å². The highest BCUT2D eigenvalue weighted by Crippen LogP contribution is 2.47. The average Bonchev–Trinajstić information content (AvgIpc) is 3.14. The maximum atomic E-state index is 12.7. The van der Waals surface area contributed by atoms with Gasteiger partial charge in [0.2, 0.25) is 0 Å². The van der Waals surface area contributed by atoms with Crippen LogP contribution in [0.2, 0.25) is 0 Å². The molecule has 0 aromatic carbocycles. The summed E-state index contributed by atoms with van der Waals surface area (Å²) in [4.78, 5) is 23.0. The van der Waals surface area contributed by atoms with Crippen molar-refractivity contribution in [3.8, 4) is 0 Å². The zero-order valence-electron chi connectivity index (χ0n) is 32.3. The minimum absolute atomic E-state index is 0.0899. The standard InChI is InChI=1S/C40H71O12P/c1-3-5-7-9-11-13-15-16-17-18-19-21-23-25-27-29-34(41)51-33(31-49-30-28-26-24-22-20-14-12-10-8-6-4-2)32-50-53(47,48)52-40-38(45)36(43)35(42)37(44)39(40)46/h5,7-8,10-11,13,16-17,33,35-40,42-46H,3-4,6,9,12,14-15,18-32H2,1-2H3,(H,47,48)/b7-5-,10-8-,13-11-,17-16-. The second-order valence-corrected chi connectivity index (χ2v) is 15.2. The Balaban J connectivity index is 2.48. The number of unbranched alkanes of at least 4 members (excludes halogenated alkanes) is 12. The number of hydrogen-bond donors (Lipinski definition) is 6. The monoisotopic (exact) mass is 774 g/mol. The first kappa shape index (κ1) is 49.3. The molecule has 13 heteroatoms. The molecule has 0 radical (unpaired) electrons. The zero-order valence-corrected chi connectivity index (χ0v) is 33.2. The fraction of sp³-hybridized carbons (Fsp3) is 0.775. The van der Waals surface area contributed by atoms with E-state index >= 15 is 0 Å². The summed E-state index contributed by atoms with van der Waals surface area (Å²) in [5.74, 6) is -0.500. The molecule has 6 unspecified atom stereocenters. The molecule has 1 aliphatic carbocycles. The molecule has 1 fully saturated rings. The number of ether oxygens (including phenoxy) is 2. The van der Waals surface area contributed by atoms with Gasteiger partial charge >= 0.3 is 13.8 Å². The quantitative estimate of drug-likeness (QED) is 0.0179. The number of phosphoric ester groups is 1. The Bertz CT molecular complexity index is 1060. The Morgan fingerprint density at radius 3 is 1.72 bits per heavy atom. The van der Waals surface area contributed by atoms with Crippen molar-refractivity contribution in [2.45, 2.75) is 179 Å². The van der Waals surface area contributed by atoms with E-state index in [1.165, 1.54) is 19.3 Å². The third-order valence-corrected chi connectivity index (χ3v) is 9.90. The van der Waals surface area contributed by atoms with Gasteiger partial charge in [0.05, 0.1) is 13.2 Å². The Morgan fingerprint density at radius 2 is 1.11 bits per heavy atom. The van der Waals surface area contributed by atoms with E-state index in [-0.39, 0.29) is 13.0 Å². The predicted molar refractivity (Wildman–Crippen MR) is 207 cm³/mol. The van der Waals surface area contributed by atoms with Crippen LogP contribution in [0.15, 0.2) is 48.6 Å². The van der Waals surface area contributed by atoms with Crippen molar-refractivity contribution in [3.05, 3.63) is 48.6 Å². The van der Waals surface area contributed by atoms with E-state index in [9.17, 15) is 39.8 Å². The highest BCUT2D eigenvalue weighted by molar-refractivity contribution is 7.47. The van der Waals surface area contributed by atoms with Gasteiger partial charge < -0.3 is 39.9 Å². The SMILES string of the molecule is CC/C=C\C/C=C\C/C=C\CCCCCCCC(=O)OC(COCCCCCCCC/C=C\CCC)COP(=O)(O)OC1C(O)C(O)C(O)C(O)C1O. The van der Waals surface area contributed by atoms with E-state index in [2.05, 4.69) is 62.5 Å². The number of esters is 1. The second-order valence-electron chi connectivity index (χ2n) is 13.7. The highest BCUT2D eigenvalue weighted by Gasteiger charge is 2.51. The molecule has 0 saturated heterocycles. The summed E-state index contributed by atoms with van der Waals surface area (Å²) in [6.45, 7) is 4.02. The van der Waals surface area contributed by atoms with E-state index in [0.717, 1.165) is 89.9 Å². The van der Waals surface area contributed by atoms with E-state index in [4.69, 9.17) is 18.5 Å². The van der Waals surface area contributed by atoms with Crippen LogP contribution >= 0.6 is 7.82 Å². The molecule has 1 aliphatic rings. The molecule has 0 bridgehead atoms. The Morgan fingerprint density at radius 1 is 0.623 bits per heavy atom. The lowest BCUT2D eigenvalue weighted by Crippen LogP contribution is -2.64. The van der Waals surface area contributed by atoms with Gasteiger partial charge in [0.1, 0.15) is 42.7 Å². The fourth-order valence-corrected chi connectivity index (χ4v) is 6.70. The van der Waals surface area contributed by atoms with Crippen LogP contribution in [0.1, 0.15) is 136 Å². The van der Waals surface area contributed by atoms with Gasteiger partial charge in [-0.15, -0.1) is 0 Å². The number of carbonyl (C=O) groups is 1. The van der Waals surface area contributed by atoms with Gasteiger partial charge in [-0.05, 0) is 64.2 Å². The zero-order chi connectivity index (χ0) is 39.2. The third kappa shape index (κ3) is 24.4. The summed E-state index contributed by atoms with van der Waals surface area (Å²) in [5, 5.41) is 50.0. The van der Waals surface area contributed by atoms with Crippen LogP contribution in [0, 0.1) is 0 Å². The molecule has 0 aliphatic heterocycles. The summed E-state index contributed by atoms with van der Waals surface area (Å²) >= 11 is 0. The van der Waals surface area contributed by atoms with Gasteiger partial charge in [-0.2, -0.15) is 0 Å². The molecular formula is C40H71O12P. The maximum absolute atomic E-state index is 12.7. The first-order chi connectivity index (χ1) is 25.5. The van der Waals surface area contributed by atoms with Crippen molar-refractivity contribution in [3.63, 3.8) is 0 Å². The molecule has 0 aromatic heterocycles. The highest BCUT2D eigenvalue weighted by atomic mass is 31.2. The number of hydrogen-bond acceptors (Lipinski definition) is 11. The van der Waals surface area contributed by atoms with Crippen molar-refractivity contribution in [2.24, 2.45) is 0 Å². The lowest BCUT2D eigenvalue weighted by atomic mass is 9.85. The summed E-state index contributed by atoms with van der Waals surface area (Å²) in [6, 6.07) is 0. The van der Waals surface area contributed by atoms with Crippen LogP contribution in [0.3, 0.4) is 0 Å². The molecule has 6 atom stereocenters. The molecule has 0 heterocycles. The maximum Gasteiger partial charge on any atom is 0.472 e. The number of aliphatic hydroxyl groups is 5. The van der Waals surface area contributed by atoms with E-state index in [0.29, 0.717) is 13.0 Å². The predicted octanol–water partition coefficient (Wildman–Crippen LogP) is 6.91. The number of phosphoric acid groups is 1. The molecule has 308 valence electrons. The lowest BCUT2D eigenvalue weighted by Gasteiger charge is -2.41. The molecule has 12 nitrogen and oxygen atoms in total. The summed E-state index contributed by atoms with van der Waals surface area (Å²) in [6.07, 6.45) is 23.3. The van der Waals surface area contributed by atoms with Crippen molar-refractivity contribution in [1.82, 2.24) is 0 Å². The van der Waals surface area contributed by atoms with Crippen LogP contribution in [-0.2, 0) is 27.9 Å². The van der Waals surface area contributed by atoms with Crippen LogP contribution in [0.5, 0.6) is 0 Å². The van der Waals surface area contributed by atoms with Gasteiger partial charge in [0.25, 0.3) is 0 Å². The van der Waals surface area contributed by atoms with Gasteiger partial charge in [-0.1, -0.05) is 114 Å². The van der Waals surface area contributed by atoms with Crippen molar-refractivity contribution >= 4 is 13.8 Å². The van der Waals surface area contributed by atoms with Gasteiger partial charge in [-0.25, -0.2) is 4.57 Å². The first-order valence-electron chi connectivity index (χ1n) is 20.0. The summed E-state index contributed by atoms with van der Waals surface area (Å²) in [7, 11) is -5.02. The summed E-state index contributed by atoms with van der Waals surface area (Å²) in [5.41, 5.74) is 0. The lowest BCUT2D eigenvalue weighted by molar-refractivity contribution is -0.220. The molecule has 53 heavy (non-hydrogen) atoms. The van der Waals surface area contributed by atoms with Crippen LogP contribution in [0.4, 0.5) is 0 Å². The molecule has 0 amide bonds. The van der Waals surface area contributed by atoms with E-state index in [1.807, 2.05) is 0 Å². The first-order valence-corrected chi connectivity index (χ1v) is 21.5. The molecule has 1 rings (SSSR count). The largest absolute Gasteiger partial charge is 0.472 e.